The molecule has 1 aromatic carbocycles. The average molecular weight is 258 g/mol. The molecule has 1 N–H and O–H groups in total. The highest BCUT2D eigenvalue weighted by Gasteiger charge is 2.24. The van der Waals surface area contributed by atoms with Gasteiger partial charge < -0.3 is 10.2 Å². The lowest BCUT2D eigenvalue weighted by Crippen LogP contribution is -2.37. The summed E-state index contributed by atoms with van der Waals surface area (Å²) in [6.07, 6.45) is 6.45. The Morgan fingerprint density at radius 1 is 1.32 bits per heavy atom. The molecule has 0 bridgehead atoms. The molecule has 0 aromatic heterocycles. The number of amides is 1. The van der Waals surface area contributed by atoms with Crippen molar-refractivity contribution in [2.45, 2.75) is 44.6 Å². The molecule has 0 saturated carbocycles. The van der Waals surface area contributed by atoms with Crippen LogP contribution >= 0.6 is 0 Å². The fraction of sp³-hybridized carbons (Fsp3) is 0.562. The Morgan fingerprint density at radius 2 is 2.21 bits per heavy atom. The van der Waals surface area contributed by atoms with Crippen LogP contribution in [0.1, 0.15) is 36.8 Å². The summed E-state index contributed by atoms with van der Waals surface area (Å²) < 4.78 is 0. The van der Waals surface area contributed by atoms with E-state index in [0.29, 0.717) is 12.5 Å². The molecular formula is C16H22N2O. The van der Waals surface area contributed by atoms with Crippen LogP contribution in [0, 0.1) is 0 Å². The van der Waals surface area contributed by atoms with Gasteiger partial charge in [-0.2, -0.15) is 0 Å². The van der Waals surface area contributed by atoms with Gasteiger partial charge in [-0.05, 0) is 43.4 Å². The summed E-state index contributed by atoms with van der Waals surface area (Å²) >= 11 is 0. The first-order valence-corrected chi connectivity index (χ1v) is 7.36. The Balaban J connectivity index is 1.87. The van der Waals surface area contributed by atoms with Crippen molar-refractivity contribution in [3.63, 3.8) is 0 Å². The number of hydrogen-bond acceptors (Lipinski definition) is 2. The van der Waals surface area contributed by atoms with E-state index in [2.05, 4.69) is 23.5 Å². The highest BCUT2D eigenvalue weighted by Crippen LogP contribution is 2.31. The summed E-state index contributed by atoms with van der Waals surface area (Å²) in [5.41, 5.74) is 3.83. The number of carbonyl (C=O) groups excluding carboxylic acids is 1. The summed E-state index contributed by atoms with van der Waals surface area (Å²) in [5.74, 6) is 0.247. The summed E-state index contributed by atoms with van der Waals surface area (Å²) in [7, 11) is 1.91. The summed E-state index contributed by atoms with van der Waals surface area (Å²) in [4.78, 5) is 13.8. The molecule has 19 heavy (non-hydrogen) atoms. The minimum absolute atomic E-state index is 0.247. The smallest absolute Gasteiger partial charge is 0.227 e. The third-order valence-corrected chi connectivity index (χ3v) is 4.40. The topological polar surface area (TPSA) is 32.3 Å². The fourth-order valence-corrected chi connectivity index (χ4v) is 3.34. The number of hydrogen-bond donors (Lipinski definition) is 1. The van der Waals surface area contributed by atoms with Gasteiger partial charge in [0.25, 0.3) is 0 Å². The summed E-state index contributed by atoms with van der Waals surface area (Å²) in [6.45, 7) is 1.13. The highest BCUT2D eigenvalue weighted by atomic mass is 16.2. The zero-order valence-electron chi connectivity index (χ0n) is 11.6. The first-order valence-electron chi connectivity index (χ1n) is 7.36. The van der Waals surface area contributed by atoms with Crippen LogP contribution < -0.4 is 10.2 Å². The standard InChI is InChI=1S/C16H22N2O/c1-18-15(19)9-8-12-5-4-6-13(16(12)18)11-14-7-2-3-10-17-14/h4-6,14,17H,2-3,7-11H2,1H3. The molecule has 1 aromatic rings. The van der Waals surface area contributed by atoms with E-state index >= 15 is 0 Å². The number of benzene rings is 1. The molecule has 0 radical (unpaired) electrons. The van der Waals surface area contributed by atoms with Crippen molar-refractivity contribution in [2.75, 3.05) is 18.5 Å². The normalized spacial score (nSPS) is 23.3. The van der Waals surface area contributed by atoms with Crippen LogP contribution in [0.5, 0.6) is 0 Å². The molecule has 2 aliphatic rings. The molecule has 1 unspecified atom stereocenters. The lowest BCUT2D eigenvalue weighted by atomic mass is 9.92. The summed E-state index contributed by atoms with van der Waals surface area (Å²) in [6, 6.07) is 7.06. The van der Waals surface area contributed by atoms with E-state index in [1.807, 2.05) is 11.9 Å². The second-order valence-corrected chi connectivity index (χ2v) is 5.73. The maximum absolute atomic E-state index is 11.9. The largest absolute Gasteiger partial charge is 0.315 e. The van der Waals surface area contributed by atoms with Gasteiger partial charge in [-0.3, -0.25) is 4.79 Å². The molecule has 1 amide bonds. The van der Waals surface area contributed by atoms with Crippen LogP contribution in [-0.2, 0) is 17.6 Å². The maximum Gasteiger partial charge on any atom is 0.227 e. The lowest BCUT2D eigenvalue weighted by molar-refractivity contribution is -0.118. The number of nitrogens with one attached hydrogen (secondary N) is 1. The van der Waals surface area contributed by atoms with Crippen molar-refractivity contribution in [3.05, 3.63) is 29.3 Å². The molecule has 3 heteroatoms. The van der Waals surface area contributed by atoms with Crippen molar-refractivity contribution >= 4 is 11.6 Å². The molecule has 1 atom stereocenters. The molecule has 1 saturated heterocycles. The third kappa shape index (κ3) is 2.52. The van der Waals surface area contributed by atoms with E-state index in [4.69, 9.17) is 0 Å². The number of rotatable bonds is 2. The molecular weight excluding hydrogens is 236 g/mol. The van der Waals surface area contributed by atoms with Gasteiger partial charge in [0.15, 0.2) is 0 Å². The van der Waals surface area contributed by atoms with Crippen molar-refractivity contribution in [1.29, 1.82) is 0 Å². The van der Waals surface area contributed by atoms with Gasteiger partial charge in [0, 0.05) is 25.2 Å². The number of piperidine rings is 1. The van der Waals surface area contributed by atoms with Gasteiger partial charge in [-0.25, -0.2) is 0 Å². The summed E-state index contributed by atoms with van der Waals surface area (Å²) in [5, 5.41) is 3.60. The highest BCUT2D eigenvalue weighted by molar-refractivity contribution is 5.96. The van der Waals surface area contributed by atoms with E-state index in [9.17, 15) is 4.79 Å². The molecule has 2 heterocycles. The first kappa shape index (κ1) is 12.7. The van der Waals surface area contributed by atoms with Crippen LogP contribution in [0.4, 0.5) is 5.69 Å². The van der Waals surface area contributed by atoms with Crippen LogP contribution in [-0.4, -0.2) is 25.5 Å². The van der Waals surface area contributed by atoms with Crippen molar-refractivity contribution < 1.29 is 4.79 Å². The van der Waals surface area contributed by atoms with E-state index in [-0.39, 0.29) is 5.91 Å². The molecule has 0 spiro atoms. The van der Waals surface area contributed by atoms with Crippen LogP contribution in [0.2, 0.25) is 0 Å². The predicted molar refractivity (Wildman–Crippen MR) is 77.5 cm³/mol. The van der Waals surface area contributed by atoms with Crippen molar-refractivity contribution in [1.82, 2.24) is 5.32 Å². The van der Waals surface area contributed by atoms with Crippen LogP contribution in [0.15, 0.2) is 18.2 Å². The Labute approximate surface area is 115 Å². The first-order chi connectivity index (χ1) is 9.25. The van der Waals surface area contributed by atoms with Gasteiger partial charge in [0.2, 0.25) is 5.91 Å². The van der Waals surface area contributed by atoms with E-state index in [0.717, 1.165) is 19.4 Å². The lowest BCUT2D eigenvalue weighted by Gasteiger charge is -2.30. The third-order valence-electron chi connectivity index (χ3n) is 4.40. The monoisotopic (exact) mass is 258 g/mol. The minimum Gasteiger partial charge on any atom is -0.315 e. The Kier molecular flexibility index (Phi) is 3.56. The van der Waals surface area contributed by atoms with Gasteiger partial charge in [-0.15, -0.1) is 0 Å². The molecule has 102 valence electrons. The zero-order valence-corrected chi connectivity index (χ0v) is 11.6. The van der Waals surface area contributed by atoms with Gasteiger partial charge in [0.1, 0.15) is 0 Å². The molecule has 1 fully saturated rings. The van der Waals surface area contributed by atoms with Crippen molar-refractivity contribution in [3.8, 4) is 0 Å². The number of aryl methyl sites for hydroxylation is 1. The van der Waals surface area contributed by atoms with Gasteiger partial charge >= 0.3 is 0 Å². The number of anilines is 1. The molecule has 0 aliphatic carbocycles. The van der Waals surface area contributed by atoms with Crippen molar-refractivity contribution in [2.24, 2.45) is 0 Å². The quantitative estimate of drug-likeness (QED) is 0.882. The van der Waals surface area contributed by atoms with E-state index in [1.54, 1.807) is 0 Å². The number of fused-ring (bicyclic) bond motifs is 1. The number of para-hydroxylation sites is 1. The van der Waals surface area contributed by atoms with E-state index in [1.165, 1.54) is 36.1 Å². The molecule has 3 nitrogen and oxygen atoms in total. The Bertz CT molecular complexity index is 478. The SMILES string of the molecule is CN1C(=O)CCc2cccc(CC3CCCCN3)c21. The predicted octanol–water partition coefficient (Wildman–Crippen LogP) is 2.28. The zero-order chi connectivity index (χ0) is 13.2. The fourth-order valence-electron chi connectivity index (χ4n) is 3.34. The molecule has 2 aliphatic heterocycles. The number of carbonyl (C=O) groups is 1. The average Bonchev–Trinajstić information content (AvgIpc) is 2.44. The minimum atomic E-state index is 0.247. The van der Waals surface area contributed by atoms with Gasteiger partial charge in [0.05, 0.1) is 0 Å². The number of nitrogens with zero attached hydrogens (tertiary/aromatic N) is 1. The Hall–Kier alpha value is -1.35. The van der Waals surface area contributed by atoms with E-state index < -0.39 is 0 Å². The molecule has 3 rings (SSSR count). The van der Waals surface area contributed by atoms with Crippen LogP contribution in [0.3, 0.4) is 0 Å². The van der Waals surface area contributed by atoms with Crippen LogP contribution in [0.25, 0.3) is 0 Å². The maximum atomic E-state index is 11.9. The van der Waals surface area contributed by atoms with Gasteiger partial charge in [-0.1, -0.05) is 24.6 Å². The Morgan fingerprint density at radius 3 is 3.00 bits per heavy atom. The second-order valence-electron chi connectivity index (χ2n) is 5.73. The second kappa shape index (κ2) is 5.33.